The van der Waals surface area contributed by atoms with E-state index in [0.29, 0.717) is 0 Å². The van der Waals surface area contributed by atoms with Crippen LogP contribution in [0.3, 0.4) is 0 Å². The van der Waals surface area contributed by atoms with Gasteiger partial charge in [0.05, 0.1) is 6.61 Å². The lowest BCUT2D eigenvalue weighted by Crippen LogP contribution is -2.20. The Labute approximate surface area is 76.1 Å². The van der Waals surface area contributed by atoms with E-state index in [0.717, 1.165) is 26.2 Å². The van der Waals surface area contributed by atoms with Gasteiger partial charge in [-0.05, 0) is 21.1 Å². The summed E-state index contributed by atoms with van der Waals surface area (Å²) in [6.45, 7) is 3.49. The summed E-state index contributed by atoms with van der Waals surface area (Å²) >= 11 is 0. The van der Waals surface area contributed by atoms with Gasteiger partial charge >= 0.3 is 0 Å². The van der Waals surface area contributed by atoms with Gasteiger partial charge in [0.2, 0.25) is 0 Å². The number of rotatable bonds is 5. The van der Waals surface area contributed by atoms with Gasteiger partial charge in [-0.1, -0.05) is 0 Å². The monoisotopic (exact) mass is 177 g/mol. The van der Waals surface area contributed by atoms with Crippen LogP contribution in [0.25, 0.3) is 0 Å². The molecule has 0 amide bonds. The SMILES string of the molecule is CN(C)CCN.CNCCOC. The van der Waals surface area contributed by atoms with Crippen molar-refractivity contribution in [1.29, 1.82) is 0 Å². The first-order valence-corrected chi connectivity index (χ1v) is 4.17. The van der Waals surface area contributed by atoms with Crippen molar-refractivity contribution in [3.63, 3.8) is 0 Å². The summed E-state index contributed by atoms with van der Waals surface area (Å²) in [5.41, 5.74) is 5.19. The number of nitrogens with zero attached hydrogens (tertiary/aromatic N) is 1. The summed E-state index contributed by atoms with van der Waals surface area (Å²) in [4.78, 5) is 2.06. The molecule has 0 saturated heterocycles. The van der Waals surface area contributed by atoms with Gasteiger partial charge in [0, 0.05) is 26.7 Å². The van der Waals surface area contributed by atoms with Crippen LogP contribution in [0, 0.1) is 0 Å². The lowest BCUT2D eigenvalue weighted by molar-refractivity contribution is 0.201. The van der Waals surface area contributed by atoms with Crippen LogP contribution in [0.15, 0.2) is 0 Å². The van der Waals surface area contributed by atoms with E-state index in [1.807, 2.05) is 21.1 Å². The third-order valence-electron chi connectivity index (χ3n) is 1.13. The van der Waals surface area contributed by atoms with E-state index < -0.39 is 0 Å². The lowest BCUT2D eigenvalue weighted by atomic mass is 10.6. The molecular weight excluding hydrogens is 154 g/mol. The van der Waals surface area contributed by atoms with Gasteiger partial charge in [-0.3, -0.25) is 0 Å². The molecule has 0 aromatic heterocycles. The quantitative estimate of drug-likeness (QED) is 0.548. The average molecular weight is 177 g/mol. The first-order valence-electron chi connectivity index (χ1n) is 4.17. The number of ether oxygens (including phenoxy) is 1. The Bertz CT molecular complexity index is 65.3. The summed E-state index contributed by atoms with van der Waals surface area (Å²) in [7, 11) is 7.61. The zero-order valence-electron chi connectivity index (χ0n) is 8.76. The number of hydrogen-bond acceptors (Lipinski definition) is 4. The molecule has 0 aromatic carbocycles. The molecule has 0 bridgehead atoms. The van der Waals surface area contributed by atoms with Crippen LogP contribution in [-0.4, -0.2) is 59.4 Å². The number of nitrogens with two attached hydrogens (primary N) is 1. The molecule has 0 aliphatic rings. The van der Waals surface area contributed by atoms with Crippen molar-refractivity contribution >= 4 is 0 Å². The Morgan fingerprint density at radius 3 is 2.08 bits per heavy atom. The second-order valence-electron chi connectivity index (χ2n) is 2.69. The first kappa shape index (κ1) is 14.4. The van der Waals surface area contributed by atoms with Gasteiger partial charge in [-0.2, -0.15) is 0 Å². The van der Waals surface area contributed by atoms with Crippen molar-refractivity contribution in [2.75, 3.05) is 54.5 Å². The molecule has 4 heteroatoms. The van der Waals surface area contributed by atoms with Gasteiger partial charge in [-0.15, -0.1) is 0 Å². The minimum Gasteiger partial charge on any atom is -0.383 e. The highest BCUT2D eigenvalue weighted by molar-refractivity contribution is 4.38. The van der Waals surface area contributed by atoms with Gasteiger partial charge in [0.1, 0.15) is 0 Å². The van der Waals surface area contributed by atoms with Crippen LogP contribution in [0.5, 0.6) is 0 Å². The maximum Gasteiger partial charge on any atom is 0.0587 e. The molecule has 0 heterocycles. The topological polar surface area (TPSA) is 50.5 Å². The highest BCUT2D eigenvalue weighted by Crippen LogP contribution is 1.64. The fraction of sp³-hybridized carbons (Fsp3) is 1.00. The molecule has 4 nitrogen and oxygen atoms in total. The number of nitrogens with one attached hydrogen (secondary N) is 1. The highest BCUT2D eigenvalue weighted by atomic mass is 16.5. The largest absolute Gasteiger partial charge is 0.383 e. The normalized spacial score (nSPS) is 9.50. The molecule has 0 saturated carbocycles. The van der Waals surface area contributed by atoms with Gasteiger partial charge in [-0.25, -0.2) is 0 Å². The van der Waals surface area contributed by atoms with E-state index in [1.54, 1.807) is 7.11 Å². The fourth-order valence-electron chi connectivity index (χ4n) is 0.462. The minimum atomic E-state index is 0.757. The van der Waals surface area contributed by atoms with Crippen molar-refractivity contribution in [2.45, 2.75) is 0 Å². The molecule has 0 aromatic rings. The molecule has 0 fully saturated rings. The van der Waals surface area contributed by atoms with E-state index in [-0.39, 0.29) is 0 Å². The molecule has 0 aliphatic heterocycles. The maximum atomic E-state index is 5.19. The fourth-order valence-corrected chi connectivity index (χ4v) is 0.462. The third kappa shape index (κ3) is 22.5. The second kappa shape index (κ2) is 13.4. The molecule has 0 aliphatic carbocycles. The first-order chi connectivity index (χ1) is 5.68. The maximum absolute atomic E-state index is 5.19. The van der Waals surface area contributed by atoms with Gasteiger partial charge in [0.25, 0.3) is 0 Å². The predicted octanol–water partition coefficient (Wildman–Crippen LogP) is -0.641. The summed E-state index contributed by atoms with van der Waals surface area (Å²) in [6.07, 6.45) is 0. The summed E-state index contributed by atoms with van der Waals surface area (Å²) in [5.74, 6) is 0. The van der Waals surface area contributed by atoms with E-state index >= 15 is 0 Å². The molecule has 0 atom stereocenters. The van der Waals surface area contributed by atoms with E-state index in [2.05, 4.69) is 10.2 Å². The molecule has 0 rings (SSSR count). The zero-order chi connectivity index (χ0) is 9.82. The Balaban J connectivity index is 0. The van der Waals surface area contributed by atoms with Gasteiger partial charge < -0.3 is 20.7 Å². The van der Waals surface area contributed by atoms with Crippen molar-refractivity contribution in [2.24, 2.45) is 5.73 Å². The predicted molar refractivity (Wildman–Crippen MR) is 53.4 cm³/mol. The number of methoxy groups -OCH3 is 1. The minimum absolute atomic E-state index is 0.757. The average Bonchev–Trinajstić information content (AvgIpc) is 2.02. The van der Waals surface area contributed by atoms with Crippen LogP contribution in [0.4, 0.5) is 0 Å². The Kier molecular flexibility index (Phi) is 16.1. The van der Waals surface area contributed by atoms with Crippen LogP contribution in [-0.2, 0) is 4.74 Å². The summed E-state index contributed by atoms with van der Waals surface area (Å²) in [6, 6.07) is 0. The Hall–Kier alpha value is -0.160. The van der Waals surface area contributed by atoms with Crippen LogP contribution in [0.2, 0.25) is 0 Å². The smallest absolute Gasteiger partial charge is 0.0587 e. The molecule has 12 heavy (non-hydrogen) atoms. The molecule has 76 valence electrons. The van der Waals surface area contributed by atoms with Crippen LogP contribution in [0.1, 0.15) is 0 Å². The molecule has 3 N–H and O–H groups in total. The van der Waals surface area contributed by atoms with Crippen LogP contribution < -0.4 is 11.1 Å². The van der Waals surface area contributed by atoms with Crippen molar-refractivity contribution in [3.8, 4) is 0 Å². The molecule has 0 radical (unpaired) electrons. The highest BCUT2D eigenvalue weighted by Gasteiger charge is 1.79. The standard InChI is InChI=1S/C4H12N2.C4H11NO/c1-6(2)4-3-5;1-5-3-4-6-2/h3-5H2,1-2H3;5H,3-4H2,1-2H3. The summed E-state index contributed by atoms with van der Waals surface area (Å²) < 4.78 is 4.72. The van der Waals surface area contributed by atoms with E-state index in [4.69, 9.17) is 10.5 Å². The Morgan fingerprint density at radius 2 is 2.00 bits per heavy atom. The van der Waals surface area contributed by atoms with Crippen molar-refractivity contribution < 1.29 is 4.74 Å². The van der Waals surface area contributed by atoms with Gasteiger partial charge in [0.15, 0.2) is 0 Å². The van der Waals surface area contributed by atoms with Crippen LogP contribution >= 0.6 is 0 Å². The molecule has 0 spiro atoms. The Morgan fingerprint density at radius 1 is 1.42 bits per heavy atom. The number of likely N-dealkylation sites (N-methyl/N-ethyl adjacent to an activating group) is 2. The van der Waals surface area contributed by atoms with E-state index in [9.17, 15) is 0 Å². The lowest BCUT2D eigenvalue weighted by Gasteiger charge is -2.03. The second-order valence-corrected chi connectivity index (χ2v) is 2.69. The molecular formula is C8H23N3O. The molecule has 0 unspecified atom stereocenters. The third-order valence-corrected chi connectivity index (χ3v) is 1.13. The van der Waals surface area contributed by atoms with E-state index in [1.165, 1.54) is 0 Å². The number of hydrogen-bond donors (Lipinski definition) is 2. The van der Waals surface area contributed by atoms with Crippen molar-refractivity contribution in [1.82, 2.24) is 10.2 Å². The zero-order valence-corrected chi connectivity index (χ0v) is 8.76. The summed E-state index contributed by atoms with van der Waals surface area (Å²) in [5, 5.41) is 2.94. The van der Waals surface area contributed by atoms with Crippen molar-refractivity contribution in [3.05, 3.63) is 0 Å².